The number of methoxy groups -OCH3 is 1. The van der Waals surface area contributed by atoms with Crippen LogP contribution in [0.15, 0.2) is 18.2 Å². The van der Waals surface area contributed by atoms with Crippen molar-refractivity contribution in [3.05, 3.63) is 34.9 Å². The van der Waals surface area contributed by atoms with E-state index < -0.39 is 0 Å². The van der Waals surface area contributed by atoms with Crippen LogP contribution in [0.2, 0.25) is 0 Å². The number of hydrogen-bond acceptors (Lipinski definition) is 2. The highest BCUT2D eigenvalue weighted by molar-refractivity contribution is 5.35. The maximum absolute atomic E-state index is 5.20. The van der Waals surface area contributed by atoms with Crippen molar-refractivity contribution in [2.75, 3.05) is 20.3 Å². The molecular weight excluding hydrogens is 210 g/mol. The van der Waals surface area contributed by atoms with Crippen LogP contribution >= 0.6 is 0 Å². The van der Waals surface area contributed by atoms with Gasteiger partial charge < -0.3 is 10.1 Å². The molecule has 0 aliphatic heterocycles. The molecule has 0 aromatic heterocycles. The Morgan fingerprint density at radius 3 is 2.71 bits per heavy atom. The predicted molar refractivity (Wildman–Crippen MR) is 73.4 cm³/mol. The fourth-order valence-corrected chi connectivity index (χ4v) is 2.07. The monoisotopic (exact) mass is 235 g/mol. The maximum atomic E-state index is 5.20. The molecule has 0 aliphatic carbocycles. The summed E-state index contributed by atoms with van der Waals surface area (Å²) in [5.74, 6) is 0. The highest BCUT2D eigenvalue weighted by Gasteiger charge is 2.13. The van der Waals surface area contributed by atoms with Gasteiger partial charge in [0.05, 0.1) is 0 Å². The summed E-state index contributed by atoms with van der Waals surface area (Å²) in [5, 5.41) is 3.61. The van der Waals surface area contributed by atoms with Crippen LogP contribution < -0.4 is 5.32 Å². The Labute approximate surface area is 105 Å². The lowest BCUT2D eigenvalue weighted by Gasteiger charge is -2.21. The molecule has 1 rings (SSSR count). The number of benzene rings is 1. The van der Waals surface area contributed by atoms with E-state index in [4.69, 9.17) is 4.74 Å². The summed E-state index contributed by atoms with van der Waals surface area (Å²) in [5.41, 5.74) is 4.18. The molecule has 1 atom stereocenters. The van der Waals surface area contributed by atoms with E-state index in [0.717, 1.165) is 26.0 Å². The zero-order valence-corrected chi connectivity index (χ0v) is 11.5. The number of rotatable bonds is 7. The van der Waals surface area contributed by atoms with Crippen molar-refractivity contribution in [1.82, 2.24) is 5.32 Å². The summed E-state index contributed by atoms with van der Waals surface area (Å²) in [6.45, 7) is 8.43. The quantitative estimate of drug-likeness (QED) is 0.782. The minimum Gasteiger partial charge on any atom is -0.385 e. The van der Waals surface area contributed by atoms with Crippen molar-refractivity contribution in [2.24, 2.45) is 0 Å². The average Bonchev–Trinajstić information content (AvgIpc) is 2.34. The molecule has 0 amide bonds. The van der Waals surface area contributed by atoms with Crippen LogP contribution in [-0.4, -0.2) is 20.3 Å². The van der Waals surface area contributed by atoms with Gasteiger partial charge in [-0.1, -0.05) is 25.1 Å². The molecule has 2 heteroatoms. The van der Waals surface area contributed by atoms with Crippen LogP contribution in [0.3, 0.4) is 0 Å². The topological polar surface area (TPSA) is 21.3 Å². The van der Waals surface area contributed by atoms with Gasteiger partial charge in [-0.3, -0.25) is 0 Å². The normalized spacial score (nSPS) is 12.7. The SMILES string of the molecule is CCCNC(CCOC)c1cccc(C)c1C. The zero-order valence-electron chi connectivity index (χ0n) is 11.5. The van der Waals surface area contributed by atoms with Crippen LogP contribution in [0.1, 0.15) is 42.5 Å². The Morgan fingerprint density at radius 2 is 2.06 bits per heavy atom. The highest BCUT2D eigenvalue weighted by Crippen LogP contribution is 2.23. The number of hydrogen-bond donors (Lipinski definition) is 1. The Kier molecular flexibility index (Phi) is 6.23. The predicted octanol–water partition coefficient (Wildman–Crippen LogP) is 3.38. The second-order valence-electron chi connectivity index (χ2n) is 4.58. The lowest BCUT2D eigenvalue weighted by atomic mass is 9.95. The van der Waals surface area contributed by atoms with E-state index in [0.29, 0.717) is 6.04 Å². The molecule has 0 radical (unpaired) electrons. The second-order valence-corrected chi connectivity index (χ2v) is 4.58. The highest BCUT2D eigenvalue weighted by atomic mass is 16.5. The van der Waals surface area contributed by atoms with E-state index in [-0.39, 0.29) is 0 Å². The molecule has 2 nitrogen and oxygen atoms in total. The van der Waals surface area contributed by atoms with Crippen LogP contribution in [0.25, 0.3) is 0 Å². The second kappa shape index (κ2) is 7.46. The zero-order chi connectivity index (χ0) is 12.7. The van der Waals surface area contributed by atoms with Gasteiger partial charge in [0.15, 0.2) is 0 Å². The first kappa shape index (κ1) is 14.2. The molecule has 0 saturated heterocycles. The van der Waals surface area contributed by atoms with Crippen molar-refractivity contribution in [2.45, 2.75) is 39.7 Å². The Bertz CT molecular complexity index is 328. The fraction of sp³-hybridized carbons (Fsp3) is 0.600. The number of aryl methyl sites for hydroxylation is 1. The lowest BCUT2D eigenvalue weighted by molar-refractivity contribution is 0.183. The Morgan fingerprint density at radius 1 is 1.29 bits per heavy atom. The van der Waals surface area contributed by atoms with Crippen molar-refractivity contribution in [3.8, 4) is 0 Å². The van der Waals surface area contributed by atoms with E-state index >= 15 is 0 Å². The van der Waals surface area contributed by atoms with E-state index in [1.807, 2.05) is 0 Å². The summed E-state index contributed by atoms with van der Waals surface area (Å²) < 4.78 is 5.20. The van der Waals surface area contributed by atoms with Crippen molar-refractivity contribution >= 4 is 0 Å². The van der Waals surface area contributed by atoms with Crippen molar-refractivity contribution in [3.63, 3.8) is 0 Å². The molecular formula is C15H25NO. The molecule has 0 fully saturated rings. The van der Waals surface area contributed by atoms with Crippen LogP contribution in [0, 0.1) is 13.8 Å². The lowest BCUT2D eigenvalue weighted by Crippen LogP contribution is -2.24. The van der Waals surface area contributed by atoms with E-state index in [1.165, 1.54) is 16.7 Å². The van der Waals surface area contributed by atoms with Gasteiger partial charge in [-0.2, -0.15) is 0 Å². The first-order valence-corrected chi connectivity index (χ1v) is 6.49. The Hall–Kier alpha value is -0.860. The molecule has 0 spiro atoms. The van der Waals surface area contributed by atoms with Gasteiger partial charge in [0.2, 0.25) is 0 Å². The van der Waals surface area contributed by atoms with Gasteiger partial charge in [0, 0.05) is 19.8 Å². The third-order valence-corrected chi connectivity index (χ3v) is 3.27. The maximum Gasteiger partial charge on any atom is 0.0480 e. The van der Waals surface area contributed by atoms with Crippen molar-refractivity contribution < 1.29 is 4.74 Å². The van der Waals surface area contributed by atoms with E-state index in [1.54, 1.807) is 7.11 Å². The van der Waals surface area contributed by atoms with Crippen LogP contribution in [0.5, 0.6) is 0 Å². The minimum atomic E-state index is 0.412. The van der Waals surface area contributed by atoms with Gasteiger partial charge >= 0.3 is 0 Å². The van der Waals surface area contributed by atoms with Crippen molar-refractivity contribution in [1.29, 1.82) is 0 Å². The molecule has 0 aliphatic rings. The first-order chi connectivity index (χ1) is 8.20. The van der Waals surface area contributed by atoms with Gasteiger partial charge in [-0.15, -0.1) is 0 Å². The Balaban J connectivity index is 2.83. The van der Waals surface area contributed by atoms with Gasteiger partial charge in [-0.25, -0.2) is 0 Å². The van der Waals surface area contributed by atoms with E-state index in [2.05, 4.69) is 44.3 Å². The molecule has 0 bridgehead atoms. The molecule has 1 N–H and O–H groups in total. The summed E-state index contributed by atoms with van der Waals surface area (Å²) in [4.78, 5) is 0. The molecule has 0 saturated carbocycles. The third kappa shape index (κ3) is 4.14. The van der Waals surface area contributed by atoms with Gasteiger partial charge in [0.25, 0.3) is 0 Å². The molecule has 1 aromatic rings. The van der Waals surface area contributed by atoms with Crippen LogP contribution in [0.4, 0.5) is 0 Å². The third-order valence-electron chi connectivity index (χ3n) is 3.27. The molecule has 1 unspecified atom stereocenters. The summed E-state index contributed by atoms with van der Waals surface area (Å²) in [6.07, 6.45) is 2.19. The van der Waals surface area contributed by atoms with Gasteiger partial charge in [-0.05, 0) is 49.9 Å². The molecule has 1 aromatic carbocycles. The molecule has 0 heterocycles. The smallest absolute Gasteiger partial charge is 0.0480 e. The van der Waals surface area contributed by atoms with Gasteiger partial charge in [0.1, 0.15) is 0 Å². The average molecular weight is 235 g/mol. The molecule has 96 valence electrons. The number of nitrogens with one attached hydrogen (secondary N) is 1. The fourth-order valence-electron chi connectivity index (χ4n) is 2.07. The number of ether oxygens (including phenoxy) is 1. The molecule has 17 heavy (non-hydrogen) atoms. The van der Waals surface area contributed by atoms with E-state index in [9.17, 15) is 0 Å². The summed E-state index contributed by atoms with van der Waals surface area (Å²) in [7, 11) is 1.76. The standard InChI is InChI=1S/C15H25NO/c1-5-10-16-15(9-11-17-4)14-8-6-7-12(2)13(14)3/h6-8,15-16H,5,9-11H2,1-4H3. The summed E-state index contributed by atoms with van der Waals surface area (Å²) >= 11 is 0. The minimum absolute atomic E-state index is 0.412. The largest absolute Gasteiger partial charge is 0.385 e. The van der Waals surface area contributed by atoms with Crippen LogP contribution in [-0.2, 0) is 4.74 Å². The first-order valence-electron chi connectivity index (χ1n) is 6.49. The summed E-state index contributed by atoms with van der Waals surface area (Å²) in [6, 6.07) is 6.96.